The first-order valence-corrected chi connectivity index (χ1v) is 6.39. The number of hydrogen-bond donors (Lipinski definition) is 0. The number of amides is 1. The molecule has 0 aliphatic rings. The van der Waals surface area contributed by atoms with E-state index in [1.807, 2.05) is 25.1 Å². The van der Waals surface area contributed by atoms with Crippen molar-refractivity contribution in [3.05, 3.63) is 35.2 Å². The molecule has 0 fully saturated rings. The summed E-state index contributed by atoms with van der Waals surface area (Å²) in [6.07, 6.45) is 0. The van der Waals surface area contributed by atoms with E-state index in [0.29, 0.717) is 11.4 Å². The van der Waals surface area contributed by atoms with E-state index in [1.165, 1.54) is 14.2 Å². The number of carbonyl (C=O) groups is 1. The molecule has 0 saturated carbocycles. The molecule has 0 radical (unpaired) electrons. The first-order chi connectivity index (χ1) is 9.99. The van der Waals surface area contributed by atoms with Gasteiger partial charge in [0.05, 0.1) is 19.9 Å². The molecule has 1 amide bonds. The number of aryl methyl sites for hydroxylation is 1. The molecule has 0 N–H and O–H groups in total. The molecule has 0 atom stereocenters. The van der Waals surface area contributed by atoms with Crippen LogP contribution in [0.15, 0.2) is 18.2 Å². The highest BCUT2D eigenvalue weighted by Gasteiger charge is 2.22. The van der Waals surface area contributed by atoms with E-state index in [4.69, 9.17) is 9.57 Å². The molecule has 0 saturated heterocycles. The monoisotopic (exact) mass is 290 g/mol. The van der Waals surface area contributed by atoms with Crippen LogP contribution in [0.4, 0.5) is 0 Å². The first kappa shape index (κ1) is 15.0. The van der Waals surface area contributed by atoms with Gasteiger partial charge in [0.1, 0.15) is 11.4 Å². The van der Waals surface area contributed by atoms with Crippen LogP contribution in [0, 0.1) is 13.8 Å². The maximum absolute atomic E-state index is 12.1. The third kappa shape index (κ3) is 2.73. The normalized spacial score (nSPS) is 10.5. The van der Waals surface area contributed by atoms with Crippen LogP contribution in [-0.4, -0.2) is 47.2 Å². The largest absolute Gasteiger partial charge is 0.494 e. The Morgan fingerprint density at radius 2 is 2.00 bits per heavy atom. The molecule has 0 spiro atoms. The Kier molecular flexibility index (Phi) is 4.23. The van der Waals surface area contributed by atoms with Gasteiger partial charge in [-0.3, -0.25) is 9.63 Å². The lowest BCUT2D eigenvalue weighted by molar-refractivity contribution is -0.0761. The second-order valence-electron chi connectivity index (χ2n) is 4.60. The van der Waals surface area contributed by atoms with Crippen molar-refractivity contribution in [2.75, 3.05) is 21.3 Å². The lowest BCUT2D eigenvalue weighted by Crippen LogP contribution is -2.26. The summed E-state index contributed by atoms with van der Waals surface area (Å²) >= 11 is 0. The predicted octanol–water partition coefficient (Wildman–Crippen LogP) is 1.53. The number of hydroxylamine groups is 2. The van der Waals surface area contributed by atoms with Crippen molar-refractivity contribution in [3.63, 3.8) is 0 Å². The summed E-state index contributed by atoms with van der Waals surface area (Å²) in [7, 11) is 4.53. The smallest absolute Gasteiger partial charge is 0.299 e. The number of ether oxygens (including phenoxy) is 1. The number of rotatable bonds is 4. The van der Waals surface area contributed by atoms with Crippen LogP contribution in [0.3, 0.4) is 0 Å². The second-order valence-corrected chi connectivity index (χ2v) is 4.60. The summed E-state index contributed by atoms with van der Waals surface area (Å²) in [5.41, 5.74) is 2.65. The SMILES string of the molecule is COc1ccc(C)cc1-n1nnc(C(=O)N(C)OC)c1C. The number of benzene rings is 1. The van der Waals surface area contributed by atoms with Gasteiger partial charge in [-0.15, -0.1) is 5.10 Å². The average molecular weight is 290 g/mol. The fourth-order valence-corrected chi connectivity index (χ4v) is 1.95. The standard InChI is InChI=1S/C14H18N4O3/c1-9-6-7-12(20-4)11(8-9)18-10(2)13(15-16-18)14(19)17(3)21-5/h6-8H,1-5H3. The van der Waals surface area contributed by atoms with E-state index in [1.54, 1.807) is 18.7 Å². The Bertz CT molecular complexity index is 666. The summed E-state index contributed by atoms with van der Waals surface area (Å²) in [6, 6.07) is 5.72. The Morgan fingerprint density at radius 1 is 1.29 bits per heavy atom. The molecule has 1 heterocycles. The van der Waals surface area contributed by atoms with Gasteiger partial charge in [0.15, 0.2) is 5.69 Å². The molecule has 0 aliphatic heterocycles. The lowest BCUT2D eigenvalue weighted by atomic mass is 10.2. The van der Waals surface area contributed by atoms with Crippen molar-refractivity contribution in [2.24, 2.45) is 0 Å². The number of methoxy groups -OCH3 is 1. The van der Waals surface area contributed by atoms with Crippen molar-refractivity contribution in [1.29, 1.82) is 0 Å². The van der Waals surface area contributed by atoms with E-state index >= 15 is 0 Å². The van der Waals surface area contributed by atoms with Gasteiger partial charge < -0.3 is 4.74 Å². The lowest BCUT2D eigenvalue weighted by Gasteiger charge is -2.13. The number of hydrogen-bond acceptors (Lipinski definition) is 5. The van der Waals surface area contributed by atoms with Crippen LogP contribution in [0.5, 0.6) is 5.75 Å². The van der Waals surface area contributed by atoms with Crippen LogP contribution in [0.2, 0.25) is 0 Å². The Labute approximate surface area is 123 Å². The van der Waals surface area contributed by atoms with Crippen molar-refractivity contribution >= 4 is 5.91 Å². The third-order valence-electron chi connectivity index (χ3n) is 3.22. The molecule has 7 nitrogen and oxygen atoms in total. The van der Waals surface area contributed by atoms with Crippen LogP contribution in [-0.2, 0) is 4.84 Å². The summed E-state index contributed by atoms with van der Waals surface area (Å²) in [5, 5.41) is 9.12. The molecular weight excluding hydrogens is 272 g/mol. The second kappa shape index (κ2) is 5.92. The molecule has 0 bridgehead atoms. The molecule has 0 unspecified atom stereocenters. The number of nitrogens with zero attached hydrogens (tertiary/aromatic N) is 4. The summed E-state index contributed by atoms with van der Waals surface area (Å²) in [4.78, 5) is 17.0. The number of carbonyl (C=O) groups excluding carboxylic acids is 1. The predicted molar refractivity (Wildman–Crippen MR) is 76.5 cm³/mol. The maximum atomic E-state index is 12.1. The molecule has 7 heteroatoms. The maximum Gasteiger partial charge on any atom is 0.299 e. The quantitative estimate of drug-likeness (QED) is 0.799. The van der Waals surface area contributed by atoms with Gasteiger partial charge in [0.25, 0.3) is 5.91 Å². The topological polar surface area (TPSA) is 69.5 Å². The molecule has 1 aromatic heterocycles. The van der Waals surface area contributed by atoms with E-state index < -0.39 is 0 Å². The number of aromatic nitrogens is 3. The van der Waals surface area contributed by atoms with Gasteiger partial charge >= 0.3 is 0 Å². The molecule has 2 aromatic rings. The van der Waals surface area contributed by atoms with Gasteiger partial charge in [0, 0.05) is 7.05 Å². The highest BCUT2D eigenvalue weighted by molar-refractivity contribution is 5.92. The van der Waals surface area contributed by atoms with Crippen LogP contribution in [0.1, 0.15) is 21.7 Å². The van der Waals surface area contributed by atoms with Gasteiger partial charge in [-0.2, -0.15) is 0 Å². The summed E-state index contributed by atoms with van der Waals surface area (Å²) in [5.74, 6) is 0.306. The molecule has 1 aromatic carbocycles. The van der Waals surface area contributed by atoms with E-state index in [9.17, 15) is 4.79 Å². The van der Waals surface area contributed by atoms with Crippen molar-refractivity contribution in [3.8, 4) is 11.4 Å². The van der Waals surface area contributed by atoms with E-state index in [-0.39, 0.29) is 11.6 Å². The van der Waals surface area contributed by atoms with Gasteiger partial charge in [-0.25, -0.2) is 9.75 Å². The van der Waals surface area contributed by atoms with Gasteiger partial charge in [0.2, 0.25) is 0 Å². The first-order valence-electron chi connectivity index (χ1n) is 6.39. The zero-order valence-corrected chi connectivity index (χ0v) is 12.7. The van der Waals surface area contributed by atoms with Crippen molar-refractivity contribution in [1.82, 2.24) is 20.1 Å². The Balaban J connectivity index is 2.50. The highest BCUT2D eigenvalue weighted by Crippen LogP contribution is 2.25. The Hall–Kier alpha value is -2.41. The summed E-state index contributed by atoms with van der Waals surface area (Å²) < 4.78 is 6.93. The van der Waals surface area contributed by atoms with Crippen molar-refractivity contribution < 1.29 is 14.4 Å². The fraction of sp³-hybridized carbons (Fsp3) is 0.357. The van der Waals surface area contributed by atoms with Crippen LogP contribution >= 0.6 is 0 Å². The molecule has 0 aliphatic carbocycles. The molecule has 21 heavy (non-hydrogen) atoms. The average Bonchev–Trinajstić information content (AvgIpc) is 2.87. The zero-order valence-electron chi connectivity index (χ0n) is 12.7. The van der Waals surface area contributed by atoms with Gasteiger partial charge in [-0.05, 0) is 31.5 Å². The van der Waals surface area contributed by atoms with Crippen LogP contribution in [0.25, 0.3) is 5.69 Å². The minimum atomic E-state index is -0.354. The Morgan fingerprint density at radius 3 is 2.62 bits per heavy atom. The minimum Gasteiger partial charge on any atom is -0.494 e. The van der Waals surface area contributed by atoms with Crippen LogP contribution < -0.4 is 4.74 Å². The van der Waals surface area contributed by atoms with E-state index in [0.717, 1.165) is 16.3 Å². The van der Waals surface area contributed by atoms with Gasteiger partial charge in [-0.1, -0.05) is 11.3 Å². The highest BCUT2D eigenvalue weighted by atomic mass is 16.7. The zero-order chi connectivity index (χ0) is 15.6. The molecule has 112 valence electrons. The molecular formula is C14H18N4O3. The van der Waals surface area contributed by atoms with E-state index in [2.05, 4.69) is 10.3 Å². The molecule has 2 rings (SSSR count). The fourth-order valence-electron chi connectivity index (χ4n) is 1.95. The van der Waals surface area contributed by atoms with Crippen molar-refractivity contribution in [2.45, 2.75) is 13.8 Å². The summed E-state index contributed by atoms with van der Waals surface area (Å²) in [6.45, 7) is 3.75. The third-order valence-corrected chi connectivity index (χ3v) is 3.22. The minimum absolute atomic E-state index is 0.239.